The molecule has 0 aromatic carbocycles. The average Bonchev–Trinajstić information content (AvgIpc) is 3.02. The summed E-state index contributed by atoms with van der Waals surface area (Å²) in [4.78, 5) is 27.4. The van der Waals surface area contributed by atoms with Gasteiger partial charge in [-0.15, -0.1) is 0 Å². The number of nitrogens with zero attached hydrogens (tertiary/aromatic N) is 2. The van der Waals surface area contributed by atoms with Crippen molar-refractivity contribution in [1.82, 2.24) is 14.6 Å². The first-order valence-electron chi connectivity index (χ1n) is 9.33. The molecule has 0 saturated carbocycles. The third kappa shape index (κ3) is 7.43. The first-order chi connectivity index (χ1) is 14.2. The van der Waals surface area contributed by atoms with E-state index in [1.165, 1.54) is 6.26 Å². The summed E-state index contributed by atoms with van der Waals surface area (Å²) in [7, 11) is -3.24. The van der Waals surface area contributed by atoms with E-state index in [0.717, 1.165) is 12.0 Å². The Bertz CT molecular complexity index is 924. The van der Waals surface area contributed by atoms with Gasteiger partial charge >= 0.3 is 12.1 Å². The quantitative estimate of drug-likeness (QED) is 0.687. The molecule has 2 fully saturated rings. The fourth-order valence-corrected chi connectivity index (χ4v) is 4.39. The lowest BCUT2D eigenvalue weighted by Crippen LogP contribution is -2.50. The van der Waals surface area contributed by atoms with Crippen molar-refractivity contribution in [2.45, 2.75) is 44.0 Å². The summed E-state index contributed by atoms with van der Waals surface area (Å²) in [6.07, 6.45) is 1.36. The summed E-state index contributed by atoms with van der Waals surface area (Å²) >= 11 is 0. The van der Waals surface area contributed by atoms with E-state index in [9.17, 15) is 26.4 Å². The Kier molecular flexibility index (Phi) is 7.66. The minimum absolute atomic E-state index is 0.0510. The highest BCUT2D eigenvalue weighted by molar-refractivity contribution is 7.88. The van der Waals surface area contributed by atoms with Crippen LogP contribution in [0.4, 0.5) is 13.2 Å². The van der Waals surface area contributed by atoms with Crippen molar-refractivity contribution in [2.75, 3.05) is 26.0 Å². The number of hydrogen-bond donors (Lipinski definition) is 2. The van der Waals surface area contributed by atoms with Crippen LogP contribution in [0, 0.1) is 6.92 Å². The molecule has 2 aliphatic rings. The summed E-state index contributed by atoms with van der Waals surface area (Å²) in [6.45, 7) is 3.50. The third-order valence-corrected chi connectivity index (χ3v) is 5.60. The van der Waals surface area contributed by atoms with Gasteiger partial charge in [0, 0.05) is 31.6 Å². The molecule has 2 saturated heterocycles. The number of ether oxygens (including phenoxy) is 1. The number of carbonyl (C=O) groups excluding carboxylic acids is 1. The van der Waals surface area contributed by atoms with E-state index >= 15 is 0 Å². The zero-order valence-corrected chi connectivity index (χ0v) is 17.8. The van der Waals surface area contributed by atoms with Crippen molar-refractivity contribution in [3.63, 3.8) is 0 Å². The Labute approximate surface area is 177 Å². The molecule has 2 atom stereocenters. The maximum atomic E-state index is 12.7. The highest BCUT2D eigenvalue weighted by atomic mass is 32.2. The van der Waals surface area contributed by atoms with E-state index in [2.05, 4.69) is 9.71 Å². The van der Waals surface area contributed by atoms with E-state index in [0.29, 0.717) is 38.1 Å². The van der Waals surface area contributed by atoms with Crippen LogP contribution in [0.1, 0.15) is 35.2 Å². The summed E-state index contributed by atoms with van der Waals surface area (Å²) in [5.41, 5.74) is 1.07. The molecule has 0 unspecified atom stereocenters. The highest BCUT2D eigenvalue weighted by Gasteiger charge is 2.45. The molecule has 0 aliphatic carbocycles. The van der Waals surface area contributed by atoms with Gasteiger partial charge in [0.15, 0.2) is 0 Å². The normalized spacial score (nSPS) is 23.9. The van der Waals surface area contributed by atoms with Crippen LogP contribution in [-0.4, -0.2) is 79.1 Å². The molecular weight excluding hydrogens is 443 g/mol. The number of amides is 1. The van der Waals surface area contributed by atoms with Gasteiger partial charge in [0.1, 0.15) is 0 Å². The van der Waals surface area contributed by atoms with Crippen molar-refractivity contribution in [3.8, 4) is 0 Å². The maximum Gasteiger partial charge on any atom is 0.490 e. The molecule has 3 heterocycles. The topological polar surface area (TPSA) is 126 Å². The smallest absolute Gasteiger partial charge is 0.475 e. The Morgan fingerprint density at radius 3 is 2.55 bits per heavy atom. The number of carbonyl (C=O) groups is 2. The number of alkyl halides is 3. The van der Waals surface area contributed by atoms with Crippen molar-refractivity contribution in [1.29, 1.82) is 0 Å². The third-order valence-electron chi connectivity index (χ3n) is 4.84. The average molecular weight is 467 g/mol. The molecule has 1 aromatic rings. The maximum absolute atomic E-state index is 12.7. The fourth-order valence-electron chi connectivity index (χ4n) is 3.59. The standard InChI is InChI=1S/C16H23N3O4S.C2HF3O2/c1-12-7-13(10-17-9-12)15(20)19-5-4-16(11-19)8-14(3-6-23-16)18-24(2,21)22;3-2(4,5)1(6)7/h7,9-10,14,18H,3-6,8,11H2,1-2H3;(H,6,7)/t14-,16-;/m1./s1. The molecule has 1 aromatic heterocycles. The number of pyridine rings is 1. The molecule has 0 bridgehead atoms. The summed E-state index contributed by atoms with van der Waals surface area (Å²) in [5.74, 6) is -2.81. The molecule has 31 heavy (non-hydrogen) atoms. The zero-order valence-electron chi connectivity index (χ0n) is 17.0. The van der Waals surface area contributed by atoms with Crippen molar-refractivity contribution in [3.05, 3.63) is 29.6 Å². The van der Waals surface area contributed by atoms with Gasteiger partial charge in [0.2, 0.25) is 10.0 Å². The largest absolute Gasteiger partial charge is 0.490 e. The van der Waals surface area contributed by atoms with Gasteiger partial charge in [-0.2, -0.15) is 13.2 Å². The zero-order chi connectivity index (χ0) is 23.4. The van der Waals surface area contributed by atoms with E-state index in [1.54, 1.807) is 17.3 Å². The Morgan fingerprint density at radius 1 is 1.35 bits per heavy atom. The number of aliphatic carboxylic acids is 1. The predicted molar refractivity (Wildman–Crippen MR) is 103 cm³/mol. The van der Waals surface area contributed by atoms with Crippen molar-refractivity contribution >= 4 is 21.9 Å². The van der Waals surface area contributed by atoms with E-state index in [4.69, 9.17) is 14.6 Å². The number of rotatable bonds is 3. The van der Waals surface area contributed by atoms with Crippen LogP contribution in [0.3, 0.4) is 0 Å². The van der Waals surface area contributed by atoms with Gasteiger partial charge in [0.05, 0.1) is 24.0 Å². The number of nitrogens with one attached hydrogen (secondary N) is 1. The molecule has 13 heteroatoms. The Balaban J connectivity index is 0.000000423. The monoisotopic (exact) mass is 467 g/mol. The van der Waals surface area contributed by atoms with Crippen LogP contribution in [0.25, 0.3) is 0 Å². The number of sulfonamides is 1. The molecule has 9 nitrogen and oxygen atoms in total. The van der Waals surface area contributed by atoms with Crippen LogP contribution >= 0.6 is 0 Å². The minimum atomic E-state index is -5.08. The van der Waals surface area contributed by atoms with E-state index in [1.807, 2.05) is 13.0 Å². The lowest BCUT2D eigenvalue weighted by atomic mass is 9.90. The summed E-state index contributed by atoms with van der Waals surface area (Å²) < 4.78 is 63.3. The number of aryl methyl sites for hydroxylation is 1. The molecule has 1 spiro atoms. The van der Waals surface area contributed by atoms with Crippen LogP contribution in [0.2, 0.25) is 0 Å². The van der Waals surface area contributed by atoms with Gasteiger partial charge < -0.3 is 14.7 Å². The Hall–Kier alpha value is -2.25. The molecule has 3 rings (SSSR count). The molecular formula is C18H24F3N3O6S. The minimum Gasteiger partial charge on any atom is -0.475 e. The van der Waals surface area contributed by atoms with Gasteiger partial charge in [-0.3, -0.25) is 9.78 Å². The molecule has 0 radical (unpaired) electrons. The molecule has 2 N–H and O–H groups in total. The lowest BCUT2D eigenvalue weighted by molar-refractivity contribution is -0.192. The van der Waals surface area contributed by atoms with Gasteiger partial charge in [-0.05, 0) is 37.8 Å². The second kappa shape index (κ2) is 9.49. The number of likely N-dealkylation sites (tertiary alicyclic amines) is 1. The fraction of sp³-hybridized carbons (Fsp3) is 0.611. The van der Waals surface area contributed by atoms with Gasteiger partial charge in [0.25, 0.3) is 5.91 Å². The number of carboxylic acids is 1. The Morgan fingerprint density at radius 2 is 2.00 bits per heavy atom. The molecule has 2 aliphatic heterocycles. The number of aromatic nitrogens is 1. The highest BCUT2D eigenvalue weighted by Crippen LogP contribution is 2.35. The first kappa shape index (κ1) is 25.0. The summed E-state index contributed by atoms with van der Waals surface area (Å²) in [6, 6.07) is 1.69. The lowest BCUT2D eigenvalue weighted by Gasteiger charge is -2.38. The van der Waals surface area contributed by atoms with Crippen LogP contribution in [0.15, 0.2) is 18.5 Å². The number of halogens is 3. The second-order valence-electron chi connectivity index (χ2n) is 7.64. The van der Waals surface area contributed by atoms with Crippen LogP contribution in [-0.2, 0) is 19.6 Å². The number of hydrogen-bond acceptors (Lipinski definition) is 6. The van der Waals surface area contributed by atoms with Gasteiger partial charge in [-0.1, -0.05) is 0 Å². The number of carboxylic acid groups (broad SMARTS) is 1. The van der Waals surface area contributed by atoms with Crippen LogP contribution < -0.4 is 4.72 Å². The van der Waals surface area contributed by atoms with Gasteiger partial charge in [-0.25, -0.2) is 17.9 Å². The van der Waals surface area contributed by atoms with Crippen molar-refractivity contribution < 1.29 is 41.0 Å². The van der Waals surface area contributed by atoms with E-state index in [-0.39, 0.29) is 11.9 Å². The predicted octanol–water partition coefficient (Wildman–Crippen LogP) is 1.34. The van der Waals surface area contributed by atoms with Crippen molar-refractivity contribution in [2.24, 2.45) is 0 Å². The first-order valence-corrected chi connectivity index (χ1v) is 11.2. The van der Waals surface area contributed by atoms with Crippen LogP contribution in [0.5, 0.6) is 0 Å². The summed E-state index contributed by atoms with van der Waals surface area (Å²) in [5, 5.41) is 7.12. The molecule has 1 amide bonds. The second-order valence-corrected chi connectivity index (χ2v) is 9.42. The SMILES string of the molecule is Cc1cncc(C(=O)N2CC[C@@]3(C[C@H](NS(C)(=O)=O)CCO3)C2)c1.O=C(O)C(F)(F)F. The molecule has 174 valence electrons. The van der Waals surface area contributed by atoms with E-state index < -0.39 is 27.8 Å².